The summed E-state index contributed by atoms with van der Waals surface area (Å²) in [6, 6.07) is 8.20. The molecule has 1 unspecified atom stereocenters. The van der Waals surface area contributed by atoms with E-state index in [9.17, 15) is 4.79 Å². The molecule has 0 saturated carbocycles. The molecule has 8 heteroatoms. The predicted molar refractivity (Wildman–Crippen MR) is 120 cm³/mol. The van der Waals surface area contributed by atoms with Crippen molar-refractivity contribution in [2.45, 2.75) is 25.1 Å². The number of carbonyl (C=O) groups is 1. The molecule has 0 aliphatic carbocycles. The van der Waals surface area contributed by atoms with Crippen LogP contribution in [0.4, 0.5) is 0 Å². The number of thioether (sulfide) groups is 1. The topological polar surface area (TPSA) is 60.0 Å². The van der Waals surface area contributed by atoms with E-state index in [0.717, 1.165) is 43.7 Å². The molecular weight excluding hydrogens is 394 g/mol. The maximum Gasteiger partial charge on any atom is 0.234 e. The Balaban J connectivity index is 1.83. The number of nitrogens with one attached hydrogen (secondary N) is 2. The zero-order chi connectivity index (χ0) is 20.5. The van der Waals surface area contributed by atoms with Crippen LogP contribution in [0.15, 0.2) is 29.3 Å². The van der Waals surface area contributed by atoms with Gasteiger partial charge in [0.25, 0.3) is 0 Å². The van der Waals surface area contributed by atoms with Gasteiger partial charge in [0, 0.05) is 56.1 Å². The summed E-state index contributed by atoms with van der Waals surface area (Å²) in [5.41, 5.74) is 1.21. The summed E-state index contributed by atoms with van der Waals surface area (Å²) in [7, 11) is 1.82. The lowest BCUT2D eigenvalue weighted by Crippen LogP contribution is -2.54. The fraction of sp³-hybridized carbons (Fsp3) is 0.600. The fourth-order valence-electron chi connectivity index (χ4n) is 3.25. The smallest absolute Gasteiger partial charge is 0.234 e. The van der Waals surface area contributed by atoms with Crippen LogP contribution in [0.5, 0.6) is 0 Å². The van der Waals surface area contributed by atoms with Crippen LogP contribution in [0.25, 0.3) is 0 Å². The van der Waals surface area contributed by atoms with Crippen LogP contribution in [0, 0.1) is 0 Å². The van der Waals surface area contributed by atoms with Crippen molar-refractivity contribution in [3.05, 3.63) is 34.9 Å². The van der Waals surface area contributed by atoms with Crippen LogP contribution in [0.1, 0.15) is 24.7 Å². The normalized spacial score (nSPS) is 16.9. The Labute approximate surface area is 178 Å². The highest BCUT2D eigenvalue weighted by Crippen LogP contribution is 2.27. The highest BCUT2D eigenvalue weighted by atomic mass is 35.5. The van der Waals surface area contributed by atoms with E-state index < -0.39 is 0 Å². The average Bonchev–Trinajstić information content (AvgIpc) is 2.65. The maximum absolute atomic E-state index is 11.9. The van der Waals surface area contributed by atoms with Gasteiger partial charge in [0.1, 0.15) is 0 Å². The molecule has 2 N–H and O–H groups in total. The molecule has 1 aromatic carbocycles. The Bertz CT molecular complexity index is 662. The van der Waals surface area contributed by atoms with Gasteiger partial charge < -0.3 is 15.5 Å². The van der Waals surface area contributed by atoms with Gasteiger partial charge in [0.15, 0.2) is 5.96 Å². The Kier molecular flexibility index (Phi) is 9.41. The van der Waals surface area contributed by atoms with Gasteiger partial charge in [-0.1, -0.05) is 23.7 Å². The Morgan fingerprint density at radius 1 is 1.29 bits per heavy atom. The van der Waals surface area contributed by atoms with E-state index in [2.05, 4.69) is 37.7 Å². The van der Waals surface area contributed by atoms with Gasteiger partial charge in [0.2, 0.25) is 5.91 Å². The third-order valence-electron chi connectivity index (χ3n) is 4.65. The number of amides is 1. The molecule has 1 aliphatic heterocycles. The SMILES string of the molecule is CN=C(NCC(SC)c1cccc(Cl)c1)N1CCN(CC(=O)NC(C)C)CC1. The number of halogens is 1. The quantitative estimate of drug-likeness (QED) is 0.519. The molecule has 1 fully saturated rings. The Hall–Kier alpha value is -1.44. The second kappa shape index (κ2) is 11.5. The standard InChI is InChI=1S/C20H32ClN5OS/c1-15(2)24-19(27)14-25-8-10-26(11-9-25)20(22-3)23-13-18(28-4)16-6-5-7-17(21)12-16/h5-7,12,15,18H,8-11,13-14H2,1-4H3,(H,22,23)(H,24,27). The molecule has 1 saturated heterocycles. The van der Waals surface area contributed by atoms with E-state index in [0.29, 0.717) is 11.8 Å². The number of nitrogens with zero attached hydrogens (tertiary/aromatic N) is 3. The zero-order valence-electron chi connectivity index (χ0n) is 17.2. The first kappa shape index (κ1) is 22.8. The summed E-state index contributed by atoms with van der Waals surface area (Å²) in [6.45, 7) is 8.63. The summed E-state index contributed by atoms with van der Waals surface area (Å²) in [4.78, 5) is 20.8. The molecule has 1 amide bonds. The first-order valence-electron chi connectivity index (χ1n) is 9.68. The number of rotatable bonds is 7. The summed E-state index contributed by atoms with van der Waals surface area (Å²) in [6.07, 6.45) is 2.11. The molecule has 156 valence electrons. The van der Waals surface area contributed by atoms with Crippen LogP contribution < -0.4 is 10.6 Å². The van der Waals surface area contributed by atoms with Gasteiger partial charge in [0.05, 0.1) is 6.54 Å². The molecular formula is C20H32ClN5OS. The number of carbonyl (C=O) groups excluding carboxylic acids is 1. The van der Waals surface area contributed by atoms with Crippen molar-refractivity contribution >= 4 is 35.2 Å². The number of benzene rings is 1. The van der Waals surface area contributed by atoms with Crippen molar-refractivity contribution in [2.75, 3.05) is 52.6 Å². The highest BCUT2D eigenvalue weighted by molar-refractivity contribution is 7.98. The van der Waals surface area contributed by atoms with Crippen molar-refractivity contribution in [3.8, 4) is 0 Å². The summed E-state index contributed by atoms with van der Waals surface area (Å²) in [5, 5.41) is 7.52. The van der Waals surface area contributed by atoms with Crippen molar-refractivity contribution in [1.29, 1.82) is 0 Å². The maximum atomic E-state index is 11.9. The number of hydrogen-bond donors (Lipinski definition) is 2. The van der Waals surface area contributed by atoms with E-state index in [1.165, 1.54) is 5.56 Å². The predicted octanol–water partition coefficient (Wildman–Crippen LogP) is 2.46. The van der Waals surface area contributed by atoms with E-state index in [1.807, 2.05) is 39.1 Å². The van der Waals surface area contributed by atoms with Gasteiger partial charge in [-0.3, -0.25) is 14.7 Å². The van der Waals surface area contributed by atoms with Gasteiger partial charge >= 0.3 is 0 Å². The first-order valence-corrected chi connectivity index (χ1v) is 11.3. The lowest BCUT2D eigenvalue weighted by Gasteiger charge is -2.36. The van der Waals surface area contributed by atoms with Gasteiger partial charge in [-0.05, 0) is 37.8 Å². The number of piperazine rings is 1. The van der Waals surface area contributed by atoms with E-state index in [4.69, 9.17) is 11.6 Å². The minimum absolute atomic E-state index is 0.0929. The monoisotopic (exact) mass is 425 g/mol. The van der Waals surface area contributed by atoms with Crippen LogP contribution in [0.3, 0.4) is 0 Å². The summed E-state index contributed by atoms with van der Waals surface area (Å²) >= 11 is 7.94. The molecule has 1 aliphatic rings. The largest absolute Gasteiger partial charge is 0.355 e. The second-order valence-electron chi connectivity index (χ2n) is 7.19. The van der Waals surface area contributed by atoms with Crippen molar-refractivity contribution in [2.24, 2.45) is 4.99 Å². The van der Waals surface area contributed by atoms with Crippen LogP contribution in [-0.2, 0) is 4.79 Å². The molecule has 1 heterocycles. The third kappa shape index (κ3) is 7.18. The van der Waals surface area contributed by atoms with E-state index >= 15 is 0 Å². The molecule has 1 atom stereocenters. The lowest BCUT2D eigenvalue weighted by molar-refractivity contribution is -0.123. The summed E-state index contributed by atoms with van der Waals surface area (Å²) in [5.74, 6) is 1.00. The average molecular weight is 426 g/mol. The molecule has 0 aromatic heterocycles. The van der Waals surface area contributed by atoms with Gasteiger partial charge in [-0.2, -0.15) is 11.8 Å². The van der Waals surface area contributed by atoms with Gasteiger partial charge in [-0.15, -0.1) is 0 Å². The molecule has 0 spiro atoms. The Morgan fingerprint density at radius 2 is 2.00 bits per heavy atom. The van der Waals surface area contributed by atoms with E-state index in [-0.39, 0.29) is 11.9 Å². The third-order valence-corrected chi connectivity index (χ3v) is 5.89. The van der Waals surface area contributed by atoms with Crippen LogP contribution in [-0.4, -0.2) is 80.3 Å². The zero-order valence-corrected chi connectivity index (χ0v) is 18.8. The van der Waals surface area contributed by atoms with Crippen LogP contribution in [0.2, 0.25) is 5.02 Å². The molecule has 1 aromatic rings. The minimum Gasteiger partial charge on any atom is -0.355 e. The second-order valence-corrected chi connectivity index (χ2v) is 8.67. The lowest BCUT2D eigenvalue weighted by atomic mass is 10.1. The number of aliphatic imine (C=N–C) groups is 1. The molecule has 28 heavy (non-hydrogen) atoms. The number of hydrogen-bond acceptors (Lipinski definition) is 4. The van der Waals surface area contributed by atoms with Gasteiger partial charge in [-0.25, -0.2) is 0 Å². The van der Waals surface area contributed by atoms with Crippen molar-refractivity contribution in [1.82, 2.24) is 20.4 Å². The minimum atomic E-state index is 0.0929. The van der Waals surface area contributed by atoms with Crippen LogP contribution >= 0.6 is 23.4 Å². The van der Waals surface area contributed by atoms with E-state index in [1.54, 1.807) is 11.8 Å². The van der Waals surface area contributed by atoms with Crippen molar-refractivity contribution in [3.63, 3.8) is 0 Å². The highest BCUT2D eigenvalue weighted by Gasteiger charge is 2.22. The molecule has 0 bridgehead atoms. The fourth-order valence-corrected chi connectivity index (χ4v) is 4.12. The summed E-state index contributed by atoms with van der Waals surface area (Å²) < 4.78 is 0. The Morgan fingerprint density at radius 3 is 2.57 bits per heavy atom. The first-order chi connectivity index (χ1) is 13.4. The molecule has 6 nitrogen and oxygen atoms in total. The van der Waals surface area contributed by atoms with Crippen molar-refractivity contribution < 1.29 is 4.79 Å². The molecule has 2 rings (SSSR count). The molecule has 0 radical (unpaired) electrons. The number of guanidine groups is 1.